The molecule has 7 heavy (non-hydrogen) atoms. The fourth-order valence-electron chi connectivity index (χ4n) is 0.511. The fraction of sp³-hybridized carbons (Fsp3) is 0.600. The van der Waals surface area contributed by atoms with E-state index in [1.54, 1.807) is 0 Å². The molecular formula is C5H8O2. The van der Waals surface area contributed by atoms with Gasteiger partial charge in [-0.2, -0.15) is 0 Å². The molecule has 0 radical (unpaired) electrons. The molecule has 0 bridgehead atoms. The molecule has 0 spiro atoms. The fourth-order valence-corrected chi connectivity index (χ4v) is 0.511. The molecule has 1 saturated heterocycles. The minimum absolute atomic E-state index is 0.0324. The van der Waals surface area contributed by atoms with Crippen molar-refractivity contribution in [3.63, 3.8) is 0 Å². The summed E-state index contributed by atoms with van der Waals surface area (Å²) in [6.07, 6.45) is 1.89. The Hall–Kier alpha value is -0.500. The van der Waals surface area contributed by atoms with Crippen molar-refractivity contribution in [3.05, 3.63) is 11.8 Å². The van der Waals surface area contributed by atoms with Gasteiger partial charge in [0.1, 0.15) is 5.76 Å². The van der Waals surface area contributed by atoms with Gasteiger partial charge >= 0.3 is 0 Å². The summed E-state index contributed by atoms with van der Waals surface area (Å²) in [7, 11) is 0. The van der Waals surface area contributed by atoms with Crippen LogP contribution in [0, 0.1) is 0 Å². The van der Waals surface area contributed by atoms with Crippen LogP contribution in [-0.2, 0) is 4.74 Å². The van der Waals surface area contributed by atoms with Crippen LogP contribution in [0.25, 0.3) is 0 Å². The second-order valence-electron chi connectivity index (χ2n) is 1.48. The minimum atomic E-state index is 0.0324. The summed E-state index contributed by atoms with van der Waals surface area (Å²) in [5, 5.41) is 8.34. The molecule has 1 N–H and O–H groups in total. The zero-order valence-electron chi connectivity index (χ0n) is 4.22. The van der Waals surface area contributed by atoms with Gasteiger partial charge in [-0.05, 0) is 13.0 Å². The van der Waals surface area contributed by atoms with E-state index < -0.39 is 0 Å². The number of aliphatic hydroxyl groups is 1. The third kappa shape index (κ3) is 0.747. The Kier molecular flexibility index (Phi) is 1.02. The van der Waals surface area contributed by atoms with Crippen molar-refractivity contribution >= 4 is 0 Å². The van der Waals surface area contributed by atoms with Crippen LogP contribution in [0.1, 0.15) is 6.92 Å². The van der Waals surface area contributed by atoms with Crippen molar-refractivity contribution in [1.29, 1.82) is 0 Å². The Bertz CT molecular complexity index is 96.3. The molecule has 0 amide bonds. The van der Waals surface area contributed by atoms with Gasteiger partial charge in [0.15, 0.2) is 6.10 Å². The van der Waals surface area contributed by atoms with E-state index in [4.69, 9.17) is 9.84 Å². The summed E-state index contributed by atoms with van der Waals surface area (Å²) in [5.41, 5.74) is 0. The molecule has 1 fully saturated rings. The summed E-state index contributed by atoms with van der Waals surface area (Å²) in [6, 6.07) is 0. The number of hydrogen-bond donors (Lipinski definition) is 1. The van der Waals surface area contributed by atoms with Gasteiger partial charge in [-0.3, -0.25) is 0 Å². The molecule has 1 rings (SSSR count). The number of allylic oxidation sites excluding steroid dienone is 1. The maximum atomic E-state index is 8.34. The van der Waals surface area contributed by atoms with Gasteiger partial charge in [0, 0.05) is 0 Å². The molecule has 0 aromatic carbocycles. The van der Waals surface area contributed by atoms with E-state index in [2.05, 4.69) is 0 Å². The Morgan fingerprint density at radius 1 is 2.00 bits per heavy atom. The molecule has 1 aliphatic heterocycles. The monoisotopic (exact) mass is 100 g/mol. The Labute approximate surface area is 42.4 Å². The van der Waals surface area contributed by atoms with Gasteiger partial charge in [-0.25, -0.2) is 0 Å². The first-order valence-corrected chi connectivity index (χ1v) is 2.32. The molecule has 1 atom stereocenters. The van der Waals surface area contributed by atoms with E-state index in [0.717, 1.165) is 5.76 Å². The van der Waals surface area contributed by atoms with Crippen molar-refractivity contribution in [1.82, 2.24) is 0 Å². The van der Waals surface area contributed by atoms with Crippen molar-refractivity contribution in [2.45, 2.75) is 13.0 Å². The van der Waals surface area contributed by atoms with Crippen molar-refractivity contribution < 1.29 is 9.84 Å². The summed E-state index contributed by atoms with van der Waals surface area (Å²) in [4.78, 5) is 0. The Balaban J connectivity index is 2.31. The molecule has 0 aromatic heterocycles. The molecule has 0 aliphatic carbocycles. The molecule has 2 heteroatoms. The predicted molar refractivity (Wildman–Crippen MR) is 25.7 cm³/mol. The van der Waals surface area contributed by atoms with Gasteiger partial charge in [0.25, 0.3) is 0 Å². The molecule has 0 aromatic rings. The third-order valence-corrected chi connectivity index (χ3v) is 0.989. The van der Waals surface area contributed by atoms with Crippen LogP contribution < -0.4 is 0 Å². The van der Waals surface area contributed by atoms with Crippen molar-refractivity contribution in [3.8, 4) is 0 Å². The summed E-state index contributed by atoms with van der Waals surface area (Å²) < 4.78 is 4.83. The van der Waals surface area contributed by atoms with Gasteiger partial charge in [-0.1, -0.05) is 0 Å². The maximum Gasteiger partial charge on any atom is 0.178 e. The summed E-state index contributed by atoms with van der Waals surface area (Å²) in [5.74, 6) is 0.919. The largest absolute Gasteiger partial charge is 0.481 e. The van der Waals surface area contributed by atoms with Crippen LogP contribution in [0.2, 0.25) is 0 Å². The summed E-state index contributed by atoms with van der Waals surface area (Å²) in [6.45, 7) is 2.02. The highest BCUT2D eigenvalue weighted by Crippen LogP contribution is 2.24. The zero-order chi connectivity index (χ0) is 5.28. The minimum Gasteiger partial charge on any atom is -0.481 e. The number of aliphatic hydroxyl groups excluding tert-OH is 1. The summed E-state index contributed by atoms with van der Waals surface area (Å²) >= 11 is 0. The van der Waals surface area contributed by atoms with Crippen LogP contribution >= 0.6 is 0 Å². The average Bonchev–Trinajstić information content (AvgIpc) is 2.43. The lowest BCUT2D eigenvalue weighted by Crippen LogP contribution is -1.88. The van der Waals surface area contributed by atoms with Crippen LogP contribution in [0.5, 0.6) is 0 Å². The maximum absolute atomic E-state index is 8.34. The van der Waals surface area contributed by atoms with E-state index in [0.29, 0.717) is 0 Å². The first kappa shape index (κ1) is 4.65. The van der Waals surface area contributed by atoms with Gasteiger partial charge < -0.3 is 9.84 Å². The van der Waals surface area contributed by atoms with E-state index >= 15 is 0 Å². The second-order valence-corrected chi connectivity index (χ2v) is 1.48. The number of rotatable bonds is 1. The van der Waals surface area contributed by atoms with Crippen LogP contribution in [0.15, 0.2) is 11.8 Å². The SMILES string of the molecule is C/C=C1\O[C@@H]1CO. The lowest BCUT2D eigenvalue weighted by atomic mass is 10.4. The average molecular weight is 100 g/mol. The van der Waals surface area contributed by atoms with E-state index in [9.17, 15) is 0 Å². The highest BCUT2D eigenvalue weighted by atomic mass is 16.6. The van der Waals surface area contributed by atoms with E-state index in [-0.39, 0.29) is 12.7 Å². The first-order chi connectivity index (χ1) is 3.38. The second kappa shape index (κ2) is 1.54. The van der Waals surface area contributed by atoms with Crippen LogP contribution in [0.4, 0.5) is 0 Å². The molecule has 0 saturated carbocycles. The zero-order valence-corrected chi connectivity index (χ0v) is 4.22. The molecule has 1 heterocycles. The van der Waals surface area contributed by atoms with Gasteiger partial charge in [0.2, 0.25) is 0 Å². The Morgan fingerprint density at radius 2 is 2.71 bits per heavy atom. The van der Waals surface area contributed by atoms with Crippen LogP contribution in [0.3, 0.4) is 0 Å². The van der Waals surface area contributed by atoms with Gasteiger partial charge in [0.05, 0.1) is 6.61 Å². The van der Waals surface area contributed by atoms with Crippen molar-refractivity contribution in [2.24, 2.45) is 0 Å². The van der Waals surface area contributed by atoms with E-state index in [1.165, 1.54) is 0 Å². The highest BCUT2D eigenvalue weighted by molar-refractivity contribution is 5.11. The topological polar surface area (TPSA) is 32.8 Å². The smallest absolute Gasteiger partial charge is 0.178 e. The molecule has 2 nitrogen and oxygen atoms in total. The highest BCUT2D eigenvalue weighted by Gasteiger charge is 2.29. The molecule has 0 unspecified atom stereocenters. The first-order valence-electron chi connectivity index (χ1n) is 2.32. The lowest BCUT2D eigenvalue weighted by Gasteiger charge is -1.69. The molecular weight excluding hydrogens is 92.1 g/mol. The number of epoxide rings is 1. The molecule has 40 valence electrons. The van der Waals surface area contributed by atoms with Crippen LogP contribution in [-0.4, -0.2) is 17.8 Å². The Morgan fingerprint density at radius 3 is 2.86 bits per heavy atom. The normalized spacial score (nSPS) is 32.9. The van der Waals surface area contributed by atoms with Crippen molar-refractivity contribution in [2.75, 3.05) is 6.61 Å². The predicted octanol–water partition coefficient (Wildman–Crippen LogP) is 0.281. The van der Waals surface area contributed by atoms with E-state index in [1.807, 2.05) is 13.0 Å². The van der Waals surface area contributed by atoms with Gasteiger partial charge in [-0.15, -0.1) is 0 Å². The third-order valence-electron chi connectivity index (χ3n) is 0.989. The standard InChI is InChI=1S/C5H8O2/c1-2-4-5(3-6)7-4/h2,5-6H,3H2,1H3/b4-2-/t5-/m1/s1. The molecule has 1 aliphatic rings. The number of ether oxygens (including phenoxy) is 1. The number of hydrogen-bond acceptors (Lipinski definition) is 2. The lowest BCUT2D eigenvalue weighted by molar-refractivity contribution is 0.245. The quantitative estimate of drug-likeness (QED) is 0.480.